The van der Waals surface area contributed by atoms with E-state index in [4.69, 9.17) is 0 Å². The molecule has 2 heterocycles. The maximum Gasteiger partial charge on any atom is 0.263 e. The largest absolute Gasteiger partial charge is 0.353 e. The number of rotatable bonds is 5. The molecule has 1 aromatic carbocycles. The molecular weight excluding hydrogens is 398 g/mol. The van der Waals surface area contributed by atoms with Crippen LogP contribution in [0, 0.1) is 0 Å². The summed E-state index contributed by atoms with van der Waals surface area (Å²) in [6, 6.07) is 8.08. The molecule has 0 saturated heterocycles. The quantitative estimate of drug-likeness (QED) is 0.631. The second kappa shape index (κ2) is 8.41. The maximum absolute atomic E-state index is 13.2. The molecule has 0 unspecified atom stereocenters. The lowest BCUT2D eigenvalue weighted by Crippen LogP contribution is -2.37. The smallest absolute Gasteiger partial charge is 0.263 e. The van der Waals surface area contributed by atoms with E-state index < -0.39 is 0 Å². The van der Waals surface area contributed by atoms with E-state index in [0.717, 1.165) is 44.0 Å². The molecule has 5 rings (SSSR count). The normalized spacial score (nSPS) is 18.4. The van der Waals surface area contributed by atoms with Crippen LogP contribution in [0.4, 0.5) is 0 Å². The lowest BCUT2D eigenvalue weighted by atomic mass is 9.95. The minimum Gasteiger partial charge on any atom is -0.353 e. The number of fused-ring (bicyclic) bond motifs is 3. The SMILES string of the molecule is O=C(CSc1nnc2n(C3CCCC3)c(=O)c3ccccc3n12)NC1CCCCC1. The first kappa shape index (κ1) is 19.6. The fourth-order valence-electron chi connectivity index (χ4n) is 4.93. The molecule has 158 valence electrons. The predicted octanol–water partition coefficient (Wildman–Crippen LogP) is 3.70. The molecule has 2 saturated carbocycles. The highest BCUT2D eigenvalue weighted by atomic mass is 32.2. The average Bonchev–Trinajstić information content (AvgIpc) is 3.44. The lowest BCUT2D eigenvalue weighted by Gasteiger charge is -2.22. The topological polar surface area (TPSA) is 81.3 Å². The summed E-state index contributed by atoms with van der Waals surface area (Å²) < 4.78 is 3.78. The van der Waals surface area contributed by atoms with Crippen LogP contribution < -0.4 is 10.9 Å². The second-order valence-corrected chi connectivity index (χ2v) is 9.38. The third-order valence-electron chi connectivity index (χ3n) is 6.42. The monoisotopic (exact) mass is 425 g/mol. The van der Waals surface area contributed by atoms with Crippen molar-refractivity contribution >= 4 is 34.3 Å². The van der Waals surface area contributed by atoms with Gasteiger partial charge in [-0.05, 0) is 37.8 Å². The fourth-order valence-corrected chi connectivity index (χ4v) is 5.68. The van der Waals surface area contributed by atoms with Crippen molar-refractivity contribution in [3.8, 4) is 0 Å². The number of aromatic nitrogens is 4. The molecule has 0 radical (unpaired) electrons. The Morgan fingerprint density at radius 2 is 1.77 bits per heavy atom. The number of amides is 1. The Balaban J connectivity index is 1.47. The summed E-state index contributed by atoms with van der Waals surface area (Å²) in [7, 11) is 0. The van der Waals surface area contributed by atoms with Gasteiger partial charge in [0, 0.05) is 12.1 Å². The fraction of sp³-hybridized carbons (Fsp3) is 0.545. The van der Waals surface area contributed by atoms with Crippen molar-refractivity contribution in [2.45, 2.75) is 75.0 Å². The summed E-state index contributed by atoms with van der Waals surface area (Å²) in [6.45, 7) is 0. The van der Waals surface area contributed by atoms with Crippen LogP contribution in [0.1, 0.15) is 63.8 Å². The van der Waals surface area contributed by atoms with Crippen LogP contribution in [-0.2, 0) is 4.79 Å². The zero-order chi connectivity index (χ0) is 20.5. The van der Waals surface area contributed by atoms with Crippen molar-refractivity contribution in [3.63, 3.8) is 0 Å². The zero-order valence-corrected chi connectivity index (χ0v) is 17.9. The number of benzene rings is 1. The maximum atomic E-state index is 13.2. The molecule has 0 spiro atoms. The first-order valence-electron chi connectivity index (χ1n) is 11.0. The lowest BCUT2D eigenvalue weighted by molar-refractivity contribution is -0.119. The van der Waals surface area contributed by atoms with Gasteiger partial charge >= 0.3 is 0 Å². The van der Waals surface area contributed by atoms with Crippen molar-refractivity contribution in [2.24, 2.45) is 0 Å². The molecule has 1 amide bonds. The van der Waals surface area contributed by atoms with E-state index >= 15 is 0 Å². The Hall–Kier alpha value is -2.35. The van der Waals surface area contributed by atoms with Crippen molar-refractivity contribution in [1.29, 1.82) is 0 Å². The molecule has 8 heteroatoms. The van der Waals surface area contributed by atoms with E-state index in [1.807, 2.05) is 33.2 Å². The van der Waals surface area contributed by atoms with E-state index in [9.17, 15) is 9.59 Å². The summed E-state index contributed by atoms with van der Waals surface area (Å²) >= 11 is 1.39. The van der Waals surface area contributed by atoms with Crippen molar-refractivity contribution in [3.05, 3.63) is 34.6 Å². The van der Waals surface area contributed by atoms with E-state index in [2.05, 4.69) is 15.5 Å². The average molecular weight is 426 g/mol. The van der Waals surface area contributed by atoms with Gasteiger partial charge in [-0.1, -0.05) is 56.0 Å². The Bertz CT molecular complexity index is 1130. The molecule has 30 heavy (non-hydrogen) atoms. The molecule has 2 aliphatic rings. The van der Waals surface area contributed by atoms with Gasteiger partial charge < -0.3 is 5.32 Å². The molecule has 7 nitrogen and oxygen atoms in total. The van der Waals surface area contributed by atoms with Crippen LogP contribution in [0.15, 0.2) is 34.2 Å². The standard InChI is InChI=1S/C22H27N5O2S/c28-19(23-15-8-2-1-3-9-15)14-30-22-25-24-21-26(16-10-4-5-11-16)20(29)17-12-6-7-13-18(17)27(21)22/h6-7,12-13,15-16H,1-5,8-11,14H2,(H,23,28). The zero-order valence-electron chi connectivity index (χ0n) is 17.0. The van der Waals surface area contributed by atoms with E-state index in [-0.39, 0.29) is 17.5 Å². The molecule has 2 fully saturated rings. The molecule has 2 aromatic heterocycles. The molecule has 1 N–H and O–H groups in total. The summed E-state index contributed by atoms with van der Waals surface area (Å²) in [4.78, 5) is 25.7. The van der Waals surface area contributed by atoms with Crippen LogP contribution >= 0.6 is 11.8 Å². The highest BCUT2D eigenvalue weighted by Gasteiger charge is 2.25. The van der Waals surface area contributed by atoms with Gasteiger partial charge in [-0.15, -0.1) is 10.2 Å². The molecular formula is C22H27N5O2S. The van der Waals surface area contributed by atoms with Gasteiger partial charge in [0.2, 0.25) is 11.7 Å². The van der Waals surface area contributed by atoms with Gasteiger partial charge in [0.15, 0.2) is 5.16 Å². The van der Waals surface area contributed by atoms with Crippen LogP contribution in [-0.4, -0.2) is 36.9 Å². The van der Waals surface area contributed by atoms with E-state index in [1.165, 1.54) is 31.0 Å². The van der Waals surface area contributed by atoms with Crippen LogP contribution in [0.2, 0.25) is 0 Å². The summed E-state index contributed by atoms with van der Waals surface area (Å²) in [5.41, 5.74) is 0.802. The Kier molecular flexibility index (Phi) is 5.50. The Morgan fingerprint density at radius 1 is 1.03 bits per heavy atom. The number of carbonyl (C=O) groups excluding carboxylic acids is 1. The number of carbonyl (C=O) groups is 1. The third kappa shape index (κ3) is 3.62. The van der Waals surface area contributed by atoms with Gasteiger partial charge in [0.1, 0.15) is 0 Å². The number of nitrogens with zero attached hydrogens (tertiary/aromatic N) is 4. The van der Waals surface area contributed by atoms with Crippen LogP contribution in [0.25, 0.3) is 16.7 Å². The molecule has 0 aliphatic heterocycles. The minimum atomic E-state index is 0.00370. The highest BCUT2D eigenvalue weighted by molar-refractivity contribution is 7.99. The van der Waals surface area contributed by atoms with Crippen LogP contribution in [0.5, 0.6) is 0 Å². The van der Waals surface area contributed by atoms with Crippen molar-refractivity contribution < 1.29 is 4.79 Å². The highest BCUT2D eigenvalue weighted by Crippen LogP contribution is 2.31. The van der Waals surface area contributed by atoms with Gasteiger partial charge in [-0.25, -0.2) is 0 Å². The third-order valence-corrected chi connectivity index (χ3v) is 7.35. The molecule has 2 aliphatic carbocycles. The van der Waals surface area contributed by atoms with Gasteiger partial charge in [-0.3, -0.25) is 18.6 Å². The number of hydrogen-bond donors (Lipinski definition) is 1. The van der Waals surface area contributed by atoms with E-state index in [0.29, 0.717) is 28.1 Å². The van der Waals surface area contributed by atoms with Gasteiger partial charge in [0.25, 0.3) is 5.56 Å². The van der Waals surface area contributed by atoms with Crippen molar-refractivity contribution in [2.75, 3.05) is 5.75 Å². The second-order valence-electron chi connectivity index (χ2n) is 8.44. The van der Waals surface area contributed by atoms with E-state index in [1.54, 1.807) is 0 Å². The molecule has 0 atom stereocenters. The number of hydrogen-bond acceptors (Lipinski definition) is 5. The van der Waals surface area contributed by atoms with Crippen LogP contribution in [0.3, 0.4) is 0 Å². The number of thioether (sulfide) groups is 1. The molecule has 3 aromatic rings. The minimum absolute atomic E-state index is 0.00370. The summed E-state index contributed by atoms with van der Waals surface area (Å²) in [5, 5.41) is 13.3. The Labute approximate surface area is 179 Å². The summed E-state index contributed by atoms with van der Waals surface area (Å²) in [5.74, 6) is 0.923. The first-order chi connectivity index (χ1) is 14.7. The number of nitrogens with one attached hydrogen (secondary N) is 1. The summed E-state index contributed by atoms with van der Waals surface area (Å²) in [6.07, 6.45) is 10.0. The first-order valence-corrected chi connectivity index (χ1v) is 12.0. The van der Waals surface area contributed by atoms with Gasteiger partial charge in [-0.2, -0.15) is 0 Å². The van der Waals surface area contributed by atoms with Gasteiger partial charge in [0.05, 0.1) is 16.7 Å². The Morgan fingerprint density at radius 3 is 2.57 bits per heavy atom. The van der Waals surface area contributed by atoms with Crippen molar-refractivity contribution in [1.82, 2.24) is 24.5 Å². The predicted molar refractivity (Wildman–Crippen MR) is 118 cm³/mol. The molecule has 0 bridgehead atoms. The number of para-hydroxylation sites is 1.